The van der Waals surface area contributed by atoms with Crippen LogP contribution in [0.25, 0.3) is 0 Å². The molecule has 3 N–H and O–H groups in total. The van der Waals surface area contributed by atoms with Crippen molar-refractivity contribution in [3.63, 3.8) is 0 Å². The number of aliphatic carboxylic acids is 1. The highest BCUT2D eigenvalue weighted by atomic mass is 16.5. The number of hydrogen-bond acceptors (Lipinski definition) is 3. The van der Waals surface area contributed by atoms with E-state index < -0.39 is 5.97 Å². The van der Waals surface area contributed by atoms with Gasteiger partial charge in [-0.2, -0.15) is 0 Å². The van der Waals surface area contributed by atoms with E-state index >= 15 is 0 Å². The largest absolute Gasteiger partial charge is 0.481 e. The molecule has 1 saturated carbocycles. The molecule has 1 heterocycles. The maximum Gasteiger partial charge on any atom is 0.315 e. The van der Waals surface area contributed by atoms with Crippen LogP contribution in [0.4, 0.5) is 4.79 Å². The van der Waals surface area contributed by atoms with Gasteiger partial charge in [0.1, 0.15) is 0 Å². The lowest BCUT2D eigenvalue weighted by atomic mass is 9.96. The Morgan fingerprint density at radius 3 is 2.78 bits per heavy atom. The molecule has 0 spiro atoms. The molecule has 6 nitrogen and oxygen atoms in total. The lowest BCUT2D eigenvalue weighted by Gasteiger charge is -2.17. The number of carbonyl (C=O) groups excluding carboxylic acids is 1. The van der Waals surface area contributed by atoms with Crippen LogP contribution in [0.3, 0.4) is 0 Å². The lowest BCUT2D eigenvalue weighted by molar-refractivity contribution is -0.142. The van der Waals surface area contributed by atoms with E-state index in [4.69, 9.17) is 9.84 Å². The molecule has 6 heteroatoms. The summed E-state index contributed by atoms with van der Waals surface area (Å²) in [5.41, 5.74) is 0. The Labute approximate surface area is 106 Å². The number of nitrogens with one attached hydrogen (secondary N) is 2. The van der Waals surface area contributed by atoms with Crippen LogP contribution in [-0.2, 0) is 9.53 Å². The Morgan fingerprint density at radius 2 is 2.11 bits per heavy atom. The third-order valence-corrected chi connectivity index (χ3v) is 3.77. The first-order valence-corrected chi connectivity index (χ1v) is 6.51. The zero-order valence-corrected chi connectivity index (χ0v) is 10.4. The second-order valence-corrected chi connectivity index (χ2v) is 5.05. The summed E-state index contributed by atoms with van der Waals surface area (Å²) < 4.78 is 5.16. The number of carbonyl (C=O) groups is 2. The Hall–Kier alpha value is -1.30. The summed E-state index contributed by atoms with van der Waals surface area (Å²) in [5, 5.41) is 14.6. The molecule has 1 saturated heterocycles. The number of hydrogen-bond donors (Lipinski definition) is 3. The molecule has 1 aliphatic heterocycles. The topological polar surface area (TPSA) is 87.7 Å². The fraction of sp³-hybridized carbons (Fsp3) is 0.833. The van der Waals surface area contributed by atoms with E-state index in [1.54, 1.807) is 0 Å². The zero-order chi connectivity index (χ0) is 13.0. The predicted octanol–water partition coefficient (Wildman–Crippen LogP) is 0.575. The van der Waals surface area contributed by atoms with Crippen molar-refractivity contribution in [2.75, 3.05) is 19.8 Å². The quantitative estimate of drug-likeness (QED) is 0.686. The lowest BCUT2D eigenvalue weighted by Crippen LogP contribution is -2.44. The number of urea groups is 1. The van der Waals surface area contributed by atoms with Crippen molar-refractivity contribution in [3.05, 3.63) is 0 Å². The molecular formula is C12H20N2O4. The van der Waals surface area contributed by atoms with Gasteiger partial charge in [-0.15, -0.1) is 0 Å². The van der Waals surface area contributed by atoms with E-state index in [0.29, 0.717) is 19.8 Å². The molecule has 2 amide bonds. The van der Waals surface area contributed by atoms with Gasteiger partial charge in [-0.1, -0.05) is 6.42 Å². The molecule has 0 bridgehead atoms. The molecule has 3 unspecified atom stereocenters. The Bertz CT molecular complexity index is 315. The molecule has 2 fully saturated rings. The number of amides is 2. The average Bonchev–Trinajstić information content (AvgIpc) is 2.96. The number of carboxylic acids is 1. The summed E-state index contributed by atoms with van der Waals surface area (Å²) in [5.74, 6) is -0.989. The summed E-state index contributed by atoms with van der Waals surface area (Å²) >= 11 is 0. The molecule has 2 rings (SSSR count). The van der Waals surface area contributed by atoms with Gasteiger partial charge in [0.15, 0.2) is 0 Å². The van der Waals surface area contributed by atoms with Crippen LogP contribution >= 0.6 is 0 Å². The van der Waals surface area contributed by atoms with Gasteiger partial charge in [0, 0.05) is 13.2 Å². The van der Waals surface area contributed by atoms with Gasteiger partial charge >= 0.3 is 12.0 Å². The predicted molar refractivity (Wildman–Crippen MR) is 64.2 cm³/mol. The van der Waals surface area contributed by atoms with Gasteiger partial charge < -0.3 is 20.5 Å². The van der Waals surface area contributed by atoms with Crippen LogP contribution in [0.5, 0.6) is 0 Å². The van der Waals surface area contributed by atoms with Crippen LogP contribution in [0.1, 0.15) is 25.7 Å². The maximum absolute atomic E-state index is 11.6. The van der Waals surface area contributed by atoms with Gasteiger partial charge in [-0.3, -0.25) is 4.79 Å². The molecule has 102 valence electrons. The van der Waals surface area contributed by atoms with E-state index in [1.807, 2.05) is 0 Å². The first-order valence-electron chi connectivity index (χ1n) is 6.51. The van der Waals surface area contributed by atoms with Crippen LogP contribution < -0.4 is 10.6 Å². The van der Waals surface area contributed by atoms with Crippen molar-refractivity contribution in [2.45, 2.75) is 31.7 Å². The fourth-order valence-corrected chi connectivity index (χ4v) is 2.71. The SMILES string of the molecule is O=C(NCC1CCCC1C(=O)O)NC1CCOC1. The summed E-state index contributed by atoms with van der Waals surface area (Å²) in [6.45, 7) is 1.69. The van der Waals surface area contributed by atoms with Gasteiger partial charge in [-0.05, 0) is 25.2 Å². The van der Waals surface area contributed by atoms with Gasteiger partial charge in [0.25, 0.3) is 0 Å². The molecular weight excluding hydrogens is 236 g/mol. The van der Waals surface area contributed by atoms with E-state index in [2.05, 4.69) is 10.6 Å². The Balaban J connectivity index is 1.70. The van der Waals surface area contributed by atoms with Crippen LogP contribution in [0.15, 0.2) is 0 Å². The van der Waals surface area contributed by atoms with Crippen molar-refractivity contribution in [2.24, 2.45) is 11.8 Å². The third kappa shape index (κ3) is 3.35. The van der Waals surface area contributed by atoms with Crippen LogP contribution in [0, 0.1) is 11.8 Å². The number of rotatable bonds is 4. The highest BCUT2D eigenvalue weighted by Crippen LogP contribution is 2.31. The smallest absolute Gasteiger partial charge is 0.315 e. The summed E-state index contributed by atoms with van der Waals surface area (Å²) in [6.07, 6.45) is 3.37. The second kappa shape index (κ2) is 6.04. The van der Waals surface area contributed by atoms with Crippen LogP contribution in [-0.4, -0.2) is 42.9 Å². The first-order chi connectivity index (χ1) is 8.66. The van der Waals surface area contributed by atoms with Gasteiger partial charge in [0.05, 0.1) is 18.6 Å². The van der Waals surface area contributed by atoms with E-state index in [9.17, 15) is 9.59 Å². The summed E-state index contributed by atoms with van der Waals surface area (Å²) in [4.78, 5) is 22.6. The minimum atomic E-state index is -0.746. The second-order valence-electron chi connectivity index (χ2n) is 5.05. The van der Waals surface area contributed by atoms with E-state index in [1.165, 1.54) is 0 Å². The maximum atomic E-state index is 11.6. The fourth-order valence-electron chi connectivity index (χ4n) is 2.71. The molecule has 1 aliphatic carbocycles. The van der Waals surface area contributed by atoms with Crippen molar-refractivity contribution >= 4 is 12.0 Å². The molecule has 0 radical (unpaired) electrons. The number of carboxylic acid groups (broad SMARTS) is 1. The minimum Gasteiger partial charge on any atom is -0.481 e. The Morgan fingerprint density at radius 1 is 1.28 bits per heavy atom. The van der Waals surface area contributed by atoms with Gasteiger partial charge in [-0.25, -0.2) is 4.79 Å². The van der Waals surface area contributed by atoms with Crippen molar-refractivity contribution < 1.29 is 19.4 Å². The molecule has 0 aromatic rings. The minimum absolute atomic E-state index is 0.0630. The first kappa shape index (κ1) is 13.1. The van der Waals surface area contributed by atoms with Crippen molar-refractivity contribution in [1.82, 2.24) is 10.6 Å². The van der Waals surface area contributed by atoms with Gasteiger partial charge in [0.2, 0.25) is 0 Å². The molecule has 0 aromatic carbocycles. The number of ether oxygens (including phenoxy) is 1. The highest BCUT2D eigenvalue weighted by molar-refractivity contribution is 5.74. The van der Waals surface area contributed by atoms with E-state index in [0.717, 1.165) is 25.7 Å². The molecule has 18 heavy (non-hydrogen) atoms. The monoisotopic (exact) mass is 256 g/mol. The molecule has 2 aliphatic rings. The summed E-state index contributed by atoms with van der Waals surface area (Å²) in [7, 11) is 0. The van der Waals surface area contributed by atoms with E-state index in [-0.39, 0.29) is 23.9 Å². The highest BCUT2D eigenvalue weighted by Gasteiger charge is 2.33. The van der Waals surface area contributed by atoms with Crippen LogP contribution in [0.2, 0.25) is 0 Å². The van der Waals surface area contributed by atoms with Crippen molar-refractivity contribution in [3.8, 4) is 0 Å². The molecule has 0 aromatic heterocycles. The third-order valence-electron chi connectivity index (χ3n) is 3.77. The zero-order valence-electron chi connectivity index (χ0n) is 10.4. The van der Waals surface area contributed by atoms with Crippen molar-refractivity contribution in [1.29, 1.82) is 0 Å². The standard InChI is InChI=1S/C12H20N2O4/c15-11(16)10-3-1-2-8(10)6-13-12(17)14-9-4-5-18-7-9/h8-10H,1-7H2,(H,15,16)(H2,13,14,17). The normalized spacial score (nSPS) is 31.2. The molecule has 3 atom stereocenters. The average molecular weight is 256 g/mol. The Kier molecular flexibility index (Phi) is 4.41. The summed E-state index contributed by atoms with van der Waals surface area (Å²) in [6, 6.07) is -0.134.